The Labute approximate surface area is 106 Å². The number of hydrogen-bond acceptors (Lipinski definition) is 2. The first-order valence-electron chi connectivity index (χ1n) is 6.06. The van der Waals surface area contributed by atoms with E-state index >= 15 is 0 Å². The molecule has 1 aromatic carbocycles. The van der Waals surface area contributed by atoms with Crippen LogP contribution in [-0.4, -0.2) is 16.4 Å². The van der Waals surface area contributed by atoms with Crippen molar-refractivity contribution in [1.82, 2.24) is 9.38 Å². The number of fused-ring (bicyclic) bond motifs is 1. The second-order valence-corrected chi connectivity index (χ2v) is 4.25. The summed E-state index contributed by atoms with van der Waals surface area (Å²) in [6.07, 6.45) is 2.88. The lowest BCUT2D eigenvalue weighted by Gasteiger charge is -2.03. The minimum atomic E-state index is 0.846. The van der Waals surface area contributed by atoms with Crippen LogP contribution in [0.5, 0.6) is 0 Å². The van der Waals surface area contributed by atoms with Crippen LogP contribution in [0.25, 0.3) is 5.65 Å². The lowest BCUT2D eigenvalue weighted by molar-refractivity contribution is 1.11. The van der Waals surface area contributed by atoms with Crippen molar-refractivity contribution in [3.63, 3.8) is 0 Å². The van der Waals surface area contributed by atoms with E-state index < -0.39 is 0 Å². The minimum absolute atomic E-state index is 0.846. The van der Waals surface area contributed by atoms with Gasteiger partial charge in [-0.25, -0.2) is 4.98 Å². The maximum Gasteiger partial charge on any atom is 0.138 e. The van der Waals surface area contributed by atoms with E-state index in [0.717, 1.165) is 23.6 Å². The SMILES string of the molecule is CNc1c(Cc2ccccc2)nc2ccccn12. The molecule has 0 unspecified atom stereocenters. The first-order chi connectivity index (χ1) is 8.88. The molecule has 0 radical (unpaired) electrons. The molecular formula is C15H15N3. The van der Waals surface area contributed by atoms with E-state index in [4.69, 9.17) is 0 Å². The van der Waals surface area contributed by atoms with Crippen molar-refractivity contribution in [2.75, 3.05) is 12.4 Å². The highest BCUT2D eigenvalue weighted by atomic mass is 15.1. The Bertz CT molecular complexity index is 656. The highest BCUT2D eigenvalue weighted by Crippen LogP contribution is 2.20. The minimum Gasteiger partial charge on any atom is -0.373 e. The van der Waals surface area contributed by atoms with Crippen LogP contribution < -0.4 is 5.32 Å². The second-order valence-electron chi connectivity index (χ2n) is 4.25. The maximum absolute atomic E-state index is 4.68. The maximum atomic E-state index is 4.68. The number of nitrogens with one attached hydrogen (secondary N) is 1. The number of benzene rings is 1. The fourth-order valence-corrected chi connectivity index (χ4v) is 2.22. The van der Waals surface area contributed by atoms with E-state index in [9.17, 15) is 0 Å². The molecule has 0 spiro atoms. The summed E-state index contributed by atoms with van der Waals surface area (Å²) in [7, 11) is 1.94. The smallest absolute Gasteiger partial charge is 0.138 e. The molecular weight excluding hydrogens is 222 g/mol. The number of anilines is 1. The molecule has 0 fully saturated rings. The molecule has 2 heterocycles. The van der Waals surface area contributed by atoms with Gasteiger partial charge < -0.3 is 5.32 Å². The molecule has 3 heteroatoms. The summed E-state index contributed by atoms with van der Waals surface area (Å²) in [6.45, 7) is 0. The fourth-order valence-electron chi connectivity index (χ4n) is 2.22. The van der Waals surface area contributed by atoms with E-state index in [1.807, 2.05) is 37.5 Å². The Hall–Kier alpha value is -2.29. The van der Waals surface area contributed by atoms with Crippen LogP contribution in [0.4, 0.5) is 5.82 Å². The Morgan fingerprint density at radius 1 is 1.06 bits per heavy atom. The van der Waals surface area contributed by atoms with Gasteiger partial charge >= 0.3 is 0 Å². The van der Waals surface area contributed by atoms with Gasteiger partial charge in [0, 0.05) is 19.7 Å². The fraction of sp³-hybridized carbons (Fsp3) is 0.133. The molecule has 0 aliphatic rings. The van der Waals surface area contributed by atoms with E-state index in [-0.39, 0.29) is 0 Å². The van der Waals surface area contributed by atoms with Crippen LogP contribution >= 0.6 is 0 Å². The molecule has 90 valence electrons. The first kappa shape index (κ1) is 10.8. The van der Waals surface area contributed by atoms with Gasteiger partial charge in [0.05, 0.1) is 5.69 Å². The third-order valence-corrected chi connectivity index (χ3v) is 3.05. The van der Waals surface area contributed by atoms with Crippen molar-refractivity contribution >= 4 is 11.5 Å². The van der Waals surface area contributed by atoms with Gasteiger partial charge in [0.25, 0.3) is 0 Å². The lowest BCUT2D eigenvalue weighted by atomic mass is 10.1. The van der Waals surface area contributed by atoms with Crippen LogP contribution in [0.3, 0.4) is 0 Å². The molecule has 0 aliphatic heterocycles. The summed E-state index contributed by atoms with van der Waals surface area (Å²) in [4.78, 5) is 4.68. The highest BCUT2D eigenvalue weighted by Gasteiger charge is 2.10. The third kappa shape index (κ3) is 1.84. The molecule has 1 N–H and O–H groups in total. The van der Waals surface area contributed by atoms with Crippen molar-refractivity contribution in [3.8, 4) is 0 Å². The zero-order valence-corrected chi connectivity index (χ0v) is 10.3. The van der Waals surface area contributed by atoms with Crippen molar-refractivity contribution in [2.24, 2.45) is 0 Å². The van der Waals surface area contributed by atoms with Gasteiger partial charge in [-0.3, -0.25) is 4.40 Å². The van der Waals surface area contributed by atoms with Crippen LogP contribution in [0.2, 0.25) is 0 Å². The monoisotopic (exact) mass is 237 g/mol. The number of hydrogen-bond donors (Lipinski definition) is 1. The predicted molar refractivity (Wildman–Crippen MR) is 74.0 cm³/mol. The normalized spacial score (nSPS) is 10.7. The summed E-state index contributed by atoms with van der Waals surface area (Å²) in [5, 5.41) is 3.24. The van der Waals surface area contributed by atoms with Crippen LogP contribution in [0.1, 0.15) is 11.3 Å². The molecule has 0 bridgehead atoms. The van der Waals surface area contributed by atoms with Crippen molar-refractivity contribution in [2.45, 2.75) is 6.42 Å². The van der Waals surface area contributed by atoms with Gasteiger partial charge in [0.2, 0.25) is 0 Å². The zero-order valence-electron chi connectivity index (χ0n) is 10.3. The van der Waals surface area contributed by atoms with Crippen LogP contribution in [0.15, 0.2) is 54.7 Å². The number of pyridine rings is 1. The summed E-state index contributed by atoms with van der Waals surface area (Å²) in [5.74, 6) is 1.06. The molecule has 3 nitrogen and oxygen atoms in total. The van der Waals surface area contributed by atoms with E-state index in [1.54, 1.807) is 0 Å². The molecule has 0 saturated heterocycles. The molecule has 0 atom stereocenters. The quantitative estimate of drug-likeness (QED) is 0.759. The summed E-state index contributed by atoms with van der Waals surface area (Å²) >= 11 is 0. The average molecular weight is 237 g/mol. The summed E-state index contributed by atoms with van der Waals surface area (Å²) in [5.41, 5.74) is 3.33. The standard InChI is InChI=1S/C15H15N3/c1-16-15-13(11-12-7-3-2-4-8-12)17-14-9-5-6-10-18(14)15/h2-10,16H,11H2,1H3. The predicted octanol–water partition coefficient (Wildman–Crippen LogP) is 2.97. The Morgan fingerprint density at radius 2 is 1.83 bits per heavy atom. The van der Waals surface area contributed by atoms with Crippen molar-refractivity contribution < 1.29 is 0 Å². The van der Waals surface area contributed by atoms with Gasteiger partial charge in [-0.15, -0.1) is 0 Å². The Morgan fingerprint density at radius 3 is 2.61 bits per heavy atom. The first-order valence-corrected chi connectivity index (χ1v) is 6.06. The molecule has 18 heavy (non-hydrogen) atoms. The number of nitrogens with zero attached hydrogens (tertiary/aromatic N) is 2. The molecule has 0 saturated carbocycles. The Kier molecular flexibility index (Phi) is 2.73. The number of rotatable bonds is 3. The number of aromatic nitrogens is 2. The van der Waals surface area contributed by atoms with Crippen LogP contribution in [0, 0.1) is 0 Å². The topological polar surface area (TPSA) is 29.3 Å². The van der Waals surface area contributed by atoms with Gasteiger partial charge in [0.1, 0.15) is 11.5 Å². The molecule has 2 aromatic heterocycles. The molecule has 3 rings (SSSR count). The van der Waals surface area contributed by atoms with Gasteiger partial charge in [-0.2, -0.15) is 0 Å². The largest absolute Gasteiger partial charge is 0.373 e. The third-order valence-electron chi connectivity index (χ3n) is 3.05. The highest BCUT2D eigenvalue weighted by molar-refractivity contribution is 5.55. The van der Waals surface area contributed by atoms with E-state index in [0.29, 0.717) is 0 Å². The zero-order chi connectivity index (χ0) is 12.4. The van der Waals surface area contributed by atoms with Crippen molar-refractivity contribution in [3.05, 3.63) is 66.0 Å². The molecule has 0 amide bonds. The van der Waals surface area contributed by atoms with Gasteiger partial charge in [0.15, 0.2) is 0 Å². The van der Waals surface area contributed by atoms with Crippen molar-refractivity contribution in [1.29, 1.82) is 0 Å². The van der Waals surface area contributed by atoms with Crippen LogP contribution in [-0.2, 0) is 6.42 Å². The van der Waals surface area contributed by atoms with E-state index in [2.05, 4.69) is 39.0 Å². The van der Waals surface area contributed by atoms with E-state index in [1.165, 1.54) is 5.56 Å². The molecule has 0 aliphatic carbocycles. The van der Waals surface area contributed by atoms with Gasteiger partial charge in [-0.1, -0.05) is 36.4 Å². The summed E-state index contributed by atoms with van der Waals surface area (Å²) < 4.78 is 2.08. The Balaban J connectivity index is 2.06. The van der Waals surface area contributed by atoms with Gasteiger partial charge in [-0.05, 0) is 17.7 Å². The number of imidazole rings is 1. The second kappa shape index (κ2) is 4.53. The lowest BCUT2D eigenvalue weighted by Crippen LogP contribution is -1.98. The summed E-state index contributed by atoms with van der Waals surface area (Å²) in [6, 6.07) is 16.5. The molecule has 3 aromatic rings. The average Bonchev–Trinajstić information content (AvgIpc) is 2.77.